The van der Waals surface area contributed by atoms with Crippen LogP contribution in [0.1, 0.15) is 44.7 Å². The molecule has 0 aromatic carbocycles. The van der Waals surface area contributed by atoms with Gasteiger partial charge in [-0.3, -0.25) is 0 Å². The zero-order valence-corrected chi connectivity index (χ0v) is 12.9. The highest BCUT2D eigenvalue weighted by Gasteiger charge is 2.29. The molecule has 0 aliphatic heterocycles. The third-order valence-corrected chi connectivity index (χ3v) is 6.14. The molecule has 1 aromatic heterocycles. The number of hydrogen-bond acceptors (Lipinski definition) is 4. The van der Waals surface area contributed by atoms with Crippen LogP contribution in [-0.4, -0.2) is 28.7 Å². The molecule has 1 fully saturated rings. The molecule has 0 spiro atoms. The molecule has 0 atom stereocenters. The fraction of sp³-hybridized carbons (Fsp3) is 0.818. The van der Waals surface area contributed by atoms with Gasteiger partial charge in [0, 0.05) is 0 Å². The fourth-order valence-corrected chi connectivity index (χ4v) is 4.78. The Morgan fingerprint density at radius 1 is 1.28 bits per heavy atom. The van der Waals surface area contributed by atoms with E-state index in [-0.39, 0.29) is 11.0 Å². The number of sulfone groups is 1. The lowest BCUT2D eigenvalue weighted by Gasteiger charge is -2.21. The van der Waals surface area contributed by atoms with Gasteiger partial charge >= 0.3 is 0 Å². The van der Waals surface area contributed by atoms with Crippen LogP contribution in [0.25, 0.3) is 0 Å². The Morgan fingerprint density at radius 3 is 2.50 bits per heavy atom. The van der Waals surface area contributed by atoms with Crippen molar-refractivity contribution in [3.63, 3.8) is 0 Å². The lowest BCUT2D eigenvalue weighted by atomic mass is 10.0. The summed E-state index contributed by atoms with van der Waals surface area (Å²) in [6.07, 6.45) is 4.78. The van der Waals surface area contributed by atoms with E-state index in [2.05, 4.69) is 26.1 Å². The summed E-state index contributed by atoms with van der Waals surface area (Å²) >= 11 is 3.28. The maximum Gasteiger partial charge on any atom is 0.159 e. The molecule has 2 rings (SSSR count). The van der Waals surface area contributed by atoms with Crippen LogP contribution >= 0.6 is 15.9 Å². The van der Waals surface area contributed by atoms with Crippen LogP contribution in [0, 0.1) is 0 Å². The molecule has 1 aromatic rings. The minimum Gasteiger partial charge on any atom is -0.228 e. The van der Waals surface area contributed by atoms with Crippen molar-refractivity contribution < 1.29 is 8.42 Å². The van der Waals surface area contributed by atoms with Crippen LogP contribution in [0.15, 0.2) is 4.60 Å². The Morgan fingerprint density at radius 2 is 1.94 bits per heavy atom. The highest BCUT2D eigenvalue weighted by atomic mass is 79.9. The van der Waals surface area contributed by atoms with Crippen molar-refractivity contribution in [3.8, 4) is 0 Å². The minimum absolute atomic E-state index is 0.00174. The summed E-state index contributed by atoms with van der Waals surface area (Å²) in [6.45, 7) is 2.56. The number of rotatable bonds is 4. The molecular formula is C11H18BrN3O2S. The maximum absolute atomic E-state index is 12.3. The summed E-state index contributed by atoms with van der Waals surface area (Å²) in [5.74, 6) is -0.00174. The van der Waals surface area contributed by atoms with E-state index < -0.39 is 9.84 Å². The molecule has 1 aliphatic rings. The fourth-order valence-electron chi connectivity index (χ4n) is 2.32. The van der Waals surface area contributed by atoms with Crippen molar-refractivity contribution in [2.75, 3.05) is 0 Å². The topological polar surface area (TPSA) is 64.8 Å². The second kappa shape index (κ2) is 5.69. The van der Waals surface area contributed by atoms with Crippen molar-refractivity contribution >= 4 is 25.8 Å². The molecule has 18 heavy (non-hydrogen) atoms. The maximum atomic E-state index is 12.3. The highest BCUT2D eigenvalue weighted by molar-refractivity contribution is 9.10. The van der Waals surface area contributed by atoms with Gasteiger partial charge in [0.2, 0.25) is 0 Å². The van der Waals surface area contributed by atoms with Gasteiger partial charge in [0.1, 0.15) is 5.69 Å². The number of hydrogen-bond donors (Lipinski definition) is 0. The molecule has 0 amide bonds. The quantitative estimate of drug-likeness (QED) is 0.846. The van der Waals surface area contributed by atoms with Crippen LogP contribution in [0.3, 0.4) is 0 Å². The lowest BCUT2D eigenvalue weighted by Crippen LogP contribution is -2.25. The van der Waals surface area contributed by atoms with E-state index in [1.807, 2.05) is 6.92 Å². The van der Waals surface area contributed by atoms with Gasteiger partial charge in [-0.25, -0.2) is 8.42 Å². The standard InChI is InChI=1S/C11H18BrN3O2S/c1-2-15-13-10(11(12)14-15)8-18(16,17)9-6-4-3-5-7-9/h9H,2-8H2,1H3. The average molecular weight is 336 g/mol. The first-order valence-electron chi connectivity index (χ1n) is 6.34. The molecular weight excluding hydrogens is 318 g/mol. The lowest BCUT2D eigenvalue weighted by molar-refractivity contribution is 0.482. The minimum atomic E-state index is -3.10. The van der Waals surface area contributed by atoms with Gasteiger partial charge in [-0.2, -0.15) is 9.90 Å². The van der Waals surface area contributed by atoms with E-state index in [9.17, 15) is 8.42 Å². The second-order valence-electron chi connectivity index (χ2n) is 4.69. The smallest absolute Gasteiger partial charge is 0.159 e. The summed E-state index contributed by atoms with van der Waals surface area (Å²) in [7, 11) is -3.10. The molecule has 1 saturated carbocycles. The molecule has 7 heteroatoms. The first-order valence-corrected chi connectivity index (χ1v) is 8.85. The van der Waals surface area contributed by atoms with Gasteiger partial charge in [0.25, 0.3) is 0 Å². The summed E-state index contributed by atoms with van der Waals surface area (Å²) in [6, 6.07) is 0. The van der Waals surface area contributed by atoms with Crippen molar-refractivity contribution in [3.05, 3.63) is 10.3 Å². The summed E-state index contributed by atoms with van der Waals surface area (Å²) in [5.41, 5.74) is 0.530. The molecule has 0 N–H and O–H groups in total. The average Bonchev–Trinajstić information content (AvgIpc) is 2.71. The van der Waals surface area contributed by atoms with Gasteiger partial charge in [-0.15, -0.1) is 5.10 Å². The number of nitrogens with zero attached hydrogens (tertiary/aromatic N) is 3. The molecule has 1 heterocycles. The molecule has 0 radical (unpaired) electrons. The van der Waals surface area contributed by atoms with Crippen molar-refractivity contribution in [1.29, 1.82) is 0 Å². The summed E-state index contributed by atoms with van der Waals surface area (Å²) < 4.78 is 25.2. The van der Waals surface area contributed by atoms with E-state index in [1.165, 1.54) is 4.80 Å². The van der Waals surface area contributed by atoms with Crippen LogP contribution in [0.5, 0.6) is 0 Å². The molecule has 0 unspecified atom stereocenters. The SMILES string of the molecule is CCn1nc(Br)c(CS(=O)(=O)C2CCCCC2)n1. The Hall–Kier alpha value is -0.430. The van der Waals surface area contributed by atoms with Gasteiger partial charge in [0.15, 0.2) is 14.4 Å². The third kappa shape index (κ3) is 3.12. The predicted octanol–water partition coefficient (Wildman–Crippen LogP) is 2.31. The van der Waals surface area contributed by atoms with E-state index in [0.717, 1.165) is 32.1 Å². The van der Waals surface area contributed by atoms with E-state index in [4.69, 9.17) is 0 Å². The van der Waals surface area contributed by atoms with Crippen molar-refractivity contribution in [1.82, 2.24) is 15.0 Å². The monoisotopic (exact) mass is 335 g/mol. The van der Waals surface area contributed by atoms with E-state index >= 15 is 0 Å². The van der Waals surface area contributed by atoms with Crippen LogP contribution < -0.4 is 0 Å². The Kier molecular flexibility index (Phi) is 4.42. The Labute approximate surface area is 116 Å². The third-order valence-electron chi connectivity index (χ3n) is 3.36. The molecule has 1 aliphatic carbocycles. The zero-order valence-electron chi connectivity index (χ0n) is 10.5. The van der Waals surface area contributed by atoms with Crippen LogP contribution in [0.2, 0.25) is 0 Å². The van der Waals surface area contributed by atoms with E-state index in [1.54, 1.807) is 0 Å². The van der Waals surface area contributed by atoms with Crippen LogP contribution in [0.4, 0.5) is 0 Å². The largest absolute Gasteiger partial charge is 0.228 e. The van der Waals surface area contributed by atoms with Gasteiger partial charge in [-0.1, -0.05) is 19.3 Å². The molecule has 0 saturated heterocycles. The van der Waals surface area contributed by atoms with Crippen LogP contribution in [-0.2, 0) is 22.1 Å². The number of aromatic nitrogens is 3. The summed E-state index contributed by atoms with van der Waals surface area (Å²) in [4.78, 5) is 1.51. The first kappa shape index (κ1) is 14.0. The first-order chi connectivity index (χ1) is 8.53. The predicted molar refractivity (Wildman–Crippen MR) is 72.9 cm³/mol. The normalized spacial score (nSPS) is 18.1. The molecule has 0 bridgehead atoms. The van der Waals surface area contributed by atoms with Crippen molar-refractivity contribution in [2.45, 2.75) is 56.6 Å². The zero-order chi connectivity index (χ0) is 13.2. The van der Waals surface area contributed by atoms with Gasteiger partial charge in [0.05, 0.1) is 17.5 Å². The molecule has 102 valence electrons. The van der Waals surface area contributed by atoms with Gasteiger partial charge in [-0.05, 0) is 35.7 Å². The van der Waals surface area contributed by atoms with Crippen molar-refractivity contribution in [2.24, 2.45) is 0 Å². The van der Waals surface area contributed by atoms with Gasteiger partial charge < -0.3 is 0 Å². The Bertz CT molecular complexity index is 506. The van der Waals surface area contributed by atoms with E-state index in [0.29, 0.717) is 16.8 Å². The number of aryl methyl sites for hydroxylation is 1. The Balaban J connectivity index is 2.13. The highest BCUT2D eigenvalue weighted by Crippen LogP contribution is 2.27. The second-order valence-corrected chi connectivity index (χ2v) is 7.73. The summed E-state index contributed by atoms with van der Waals surface area (Å²) in [5, 5.41) is 8.11. The number of halogens is 1. The molecule has 5 nitrogen and oxygen atoms in total.